The second-order valence-corrected chi connectivity index (χ2v) is 10.9. The molecule has 1 aliphatic heterocycles. The normalized spacial score (nSPS) is 18.2. The Morgan fingerprint density at radius 3 is 2.51 bits per heavy atom. The summed E-state index contributed by atoms with van der Waals surface area (Å²) in [6.07, 6.45) is -1.92. The lowest BCUT2D eigenvalue weighted by Gasteiger charge is -2.44. The minimum Gasteiger partial charge on any atom is -0.366 e. The summed E-state index contributed by atoms with van der Waals surface area (Å²) in [5.74, 6) is -1.28. The number of fused-ring (bicyclic) bond motifs is 1. The van der Waals surface area contributed by atoms with Crippen molar-refractivity contribution in [3.8, 4) is 11.1 Å². The van der Waals surface area contributed by atoms with E-state index in [-0.39, 0.29) is 17.6 Å². The van der Waals surface area contributed by atoms with Crippen molar-refractivity contribution in [3.05, 3.63) is 75.4 Å². The van der Waals surface area contributed by atoms with Gasteiger partial charge >= 0.3 is 0 Å². The number of piperazine rings is 1. The van der Waals surface area contributed by atoms with Gasteiger partial charge in [-0.25, -0.2) is 18.2 Å². The molecule has 0 spiro atoms. The fourth-order valence-electron chi connectivity index (χ4n) is 5.07. The van der Waals surface area contributed by atoms with Crippen LogP contribution in [0.15, 0.2) is 52.9 Å². The van der Waals surface area contributed by atoms with Crippen LogP contribution in [0.3, 0.4) is 0 Å². The summed E-state index contributed by atoms with van der Waals surface area (Å²) in [6.45, 7) is 5.27. The SMILES string of the molecule is C[C@@H]1CN(c2c(NC(=O)c3cn(C)c(=O)cc3C(F)F)ccc(F)c2-c2ccc3ncsc3c2)C[C@H](C)N1C. The summed E-state index contributed by atoms with van der Waals surface area (Å²) in [6, 6.07) is 9.23. The minimum absolute atomic E-state index is 0.131. The molecular formula is C28H28F3N5O2S. The van der Waals surface area contributed by atoms with Crippen molar-refractivity contribution in [1.29, 1.82) is 0 Å². The topological polar surface area (TPSA) is 70.5 Å². The predicted octanol–water partition coefficient (Wildman–Crippen LogP) is 5.52. The number of likely N-dealkylation sites (N-methyl/N-ethyl adjacent to an activating group) is 1. The highest BCUT2D eigenvalue weighted by molar-refractivity contribution is 7.16. The van der Waals surface area contributed by atoms with E-state index < -0.39 is 29.3 Å². The lowest BCUT2D eigenvalue weighted by atomic mass is 9.98. The van der Waals surface area contributed by atoms with E-state index in [1.807, 2.05) is 24.1 Å². The molecule has 1 amide bonds. The third kappa shape index (κ3) is 5.04. The first-order valence-corrected chi connectivity index (χ1v) is 13.4. The van der Waals surface area contributed by atoms with Crippen molar-refractivity contribution in [2.45, 2.75) is 32.4 Å². The van der Waals surface area contributed by atoms with Crippen LogP contribution in [0.5, 0.6) is 0 Å². The molecule has 11 heteroatoms. The number of nitrogens with zero attached hydrogens (tertiary/aromatic N) is 4. The summed E-state index contributed by atoms with van der Waals surface area (Å²) in [5.41, 5.74) is 2.58. The number of carbonyl (C=O) groups is 1. The highest BCUT2D eigenvalue weighted by Gasteiger charge is 2.31. The zero-order valence-corrected chi connectivity index (χ0v) is 22.7. The van der Waals surface area contributed by atoms with Crippen molar-refractivity contribution >= 4 is 38.8 Å². The molecule has 1 aliphatic rings. The number of halogens is 3. The van der Waals surface area contributed by atoms with Crippen LogP contribution in [0.1, 0.15) is 36.2 Å². The van der Waals surface area contributed by atoms with Crippen molar-refractivity contribution in [3.63, 3.8) is 0 Å². The average Bonchev–Trinajstić information content (AvgIpc) is 3.37. The van der Waals surface area contributed by atoms with E-state index in [1.165, 1.54) is 30.5 Å². The zero-order valence-electron chi connectivity index (χ0n) is 21.9. The third-order valence-corrected chi connectivity index (χ3v) is 8.20. The fourth-order valence-corrected chi connectivity index (χ4v) is 5.79. The van der Waals surface area contributed by atoms with Gasteiger partial charge in [-0.1, -0.05) is 6.07 Å². The van der Waals surface area contributed by atoms with E-state index in [9.17, 15) is 18.4 Å². The van der Waals surface area contributed by atoms with E-state index >= 15 is 4.39 Å². The number of rotatable bonds is 5. The minimum atomic E-state index is -3.02. The van der Waals surface area contributed by atoms with Gasteiger partial charge in [-0.05, 0) is 50.7 Å². The number of carbonyl (C=O) groups excluding carboxylic acids is 1. The molecule has 2 aromatic carbocycles. The first-order valence-electron chi connectivity index (χ1n) is 12.5. The van der Waals surface area contributed by atoms with Crippen molar-refractivity contribution in [2.75, 3.05) is 30.4 Å². The van der Waals surface area contributed by atoms with E-state index in [2.05, 4.69) is 29.0 Å². The van der Waals surface area contributed by atoms with E-state index in [0.717, 1.165) is 27.0 Å². The molecule has 5 rings (SSSR count). The van der Waals surface area contributed by atoms with Gasteiger partial charge in [-0.15, -0.1) is 11.3 Å². The highest BCUT2D eigenvalue weighted by Crippen LogP contribution is 2.42. The van der Waals surface area contributed by atoms with Crippen LogP contribution >= 0.6 is 11.3 Å². The standard InChI is InChI=1S/C28H28F3N5O2S/c1-15-11-36(12-16(2)35(15)4)26-22(33-28(38)19-13-34(3)24(37)10-18(19)27(30)31)8-6-20(29)25(26)17-5-7-21-23(9-17)39-14-32-21/h5-10,13-16,27H,11-12H2,1-4H3,(H,33,38)/t15-,16+. The zero-order chi connectivity index (χ0) is 28.0. The van der Waals surface area contributed by atoms with E-state index in [4.69, 9.17) is 0 Å². The Morgan fingerprint density at radius 2 is 1.82 bits per heavy atom. The van der Waals surface area contributed by atoms with Crippen LogP contribution in [0.4, 0.5) is 24.5 Å². The molecule has 1 saturated heterocycles. The number of pyridine rings is 1. The van der Waals surface area contributed by atoms with Crippen LogP contribution in [-0.2, 0) is 7.05 Å². The number of benzene rings is 2. The maximum Gasteiger partial charge on any atom is 0.264 e. The Bertz CT molecular complexity index is 1610. The van der Waals surface area contributed by atoms with Gasteiger partial charge in [0.1, 0.15) is 5.82 Å². The Hall–Kier alpha value is -3.70. The Morgan fingerprint density at radius 1 is 1.10 bits per heavy atom. The number of thiazole rings is 1. The third-order valence-electron chi connectivity index (χ3n) is 7.41. The molecule has 0 radical (unpaired) electrons. The summed E-state index contributed by atoms with van der Waals surface area (Å²) < 4.78 is 45.2. The Labute approximate surface area is 227 Å². The van der Waals surface area contributed by atoms with Crippen molar-refractivity contribution < 1.29 is 18.0 Å². The molecular weight excluding hydrogens is 527 g/mol. The number of aromatic nitrogens is 2. The van der Waals surface area contributed by atoms with Crippen molar-refractivity contribution in [2.24, 2.45) is 7.05 Å². The molecule has 7 nitrogen and oxygen atoms in total. The van der Waals surface area contributed by atoms with E-state index in [0.29, 0.717) is 35.6 Å². The van der Waals surface area contributed by atoms with Crippen LogP contribution in [0.2, 0.25) is 0 Å². The van der Waals surface area contributed by atoms with Gasteiger partial charge < -0.3 is 14.8 Å². The number of hydrogen-bond donors (Lipinski definition) is 1. The molecule has 2 atom stereocenters. The fraction of sp³-hybridized carbons (Fsp3) is 0.321. The summed E-state index contributed by atoms with van der Waals surface area (Å²) >= 11 is 1.44. The van der Waals surface area contributed by atoms with Gasteiger partial charge in [0.25, 0.3) is 17.9 Å². The summed E-state index contributed by atoms with van der Waals surface area (Å²) in [5, 5.41) is 2.76. The second-order valence-electron chi connectivity index (χ2n) is 9.97. The van der Waals surface area contributed by atoms with Crippen LogP contribution in [0, 0.1) is 5.82 Å². The number of aryl methyl sites for hydroxylation is 1. The summed E-state index contributed by atoms with van der Waals surface area (Å²) in [4.78, 5) is 34.0. The van der Waals surface area contributed by atoms with Gasteiger partial charge in [0.05, 0.1) is 32.7 Å². The van der Waals surface area contributed by atoms with Crippen molar-refractivity contribution in [1.82, 2.24) is 14.5 Å². The van der Waals surface area contributed by atoms with Gasteiger partial charge in [-0.2, -0.15) is 0 Å². The van der Waals surface area contributed by atoms with Gasteiger partial charge in [0, 0.05) is 55.6 Å². The Kier molecular flexibility index (Phi) is 7.21. The molecule has 0 aliphatic carbocycles. The largest absolute Gasteiger partial charge is 0.366 e. The second kappa shape index (κ2) is 10.5. The quantitative estimate of drug-likeness (QED) is 0.351. The van der Waals surface area contributed by atoms with Crippen LogP contribution < -0.4 is 15.8 Å². The van der Waals surface area contributed by atoms with E-state index in [1.54, 1.807) is 11.6 Å². The van der Waals surface area contributed by atoms with Crippen LogP contribution in [0.25, 0.3) is 21.3 Å². The van der Waals surface area contributed by atoms with Crippen LogP contribution in [-0.4, -0.2) is 52.6 Å². The monoisotopic (exact) mass is 555 g/mol. The first-order chi connectivity index (χ1) is 18.5. The highest BCUT2D eigenvalue weighted by atomic mass is 32.1. The first kappa shape index (κ1) is 26.9. The summed E-state index contributed by atoms with van der Waals surface area (Å²) in [7, 11) is 3.42. The molecule has 204 valence electrons. The number of nitrogens with one attached hydrogen (secondary N) is 1. The number of alkyl halides is 2. The Balaban J connectivity index is 1.66. The molecule has 0 bridgehead atoms. The predicted molar refractivity (Wildman–Crippen MR) is 149 cm³/mol. The van der Waals surface area contributed by atoms with Gasteiger partial charge in [0.2, 0.25) is 0 Å². The smallest absolute Gasteiger partial charge is 0.264 e. The molecule has 3 heterocycles. The lowest BCUT2D eigenvalue weighted by molar-refractivity contribution is 0.101. The molecule has 1 fully saturated rings. The molecule has 0 saturated carbocycles. The number of amides is 1. The molecule has 2 aromatic heterocycles. The maximum absolute atomic E-state index is 15.7. The molecule has 39 heavy (non-hydrogen) atoms. The molecule has 1 N–H and O–H groups in total. The van der Waals surface area contributed by atoms with Gasteiger partial charge in [-0.3, -0.25) is 14.5 Å². The number of hydrogen-bond acceptors (Lipinski definition) is 6. The lowest BCUT2D eigenvalue weighted by Crippen LogP contribution is -2.55. The maximum atomic E-state index is 15.7. The molecule has 4 aromatic rings. The number of anilines is 2. The molecule has 0 unspecified atom stereocenters. The van der Waals surface area contributed by atoms with Gasteiger partial charge in [0.15, 0.2) is 0 Å². The average molecular weight is 556 g/mol.